The second-order valence-electron chi connectivity index (χ2n) is 5.26. The molecule has 6 nitrogen and oxygen atoms in total. The molecule has 27 heavy (non-hydrogen) atoms. The van der Waals surface area contributed by atoms with Crippen LogP contribution in [-0.4, -0.2) is 29.4 Å². The van der Waals surface area contributed by atoms with E-state index in [9.17, 15) is 27.2 Å². The van der Waals surface area contributed by atoms with E-state index in [1.807, 2.05) is 5.32 Å². The molecule has 1 amide bonds. The summed E-state index contributed by atoms with van der Waals surface area (Å²) >= 11 is 0. The molecule has 2 aromatic carbocycles. The summed E-state index contributed by atoms with van der Waals surface area (Å²) in [6.45, 7) is 0.658. The highest BCUT2D eigenvalue weighted by Gasteiger charge is 2.38. The molecule has 0 aliphatic rings. The second kappa shape index (κ2) is 7.94. The summed E-state index contributed by atoms with van der Waals surface area (Å²) in [4.78, 5) is 22.9. The van der Waals surface area contributed by atoms with Gasteiger partial charge in [0.1, 0.15) is 22.9 Å². The molecule has 0 heterocycles. The van der Waals surface area contributed by atoms with Crippen LogP contribution in [0.25, 0.3) is 0 Å². The fourth-order valence-electron chi connectivity index (χ4n) is 1.90. The molecular formula is C17H13F4NO5. The first kappa shape index (κ1) is 20.0. The Balaban J connectivity index is 2.27. The fourth-order valence-corrected chi connectivity index (χ4v) is 1.90. The normalized spacial score (nSPS) is 12.2. The minimum Gasteiger partial charge on any atom is -0.480 e. The monoisotopic (exact) mass is 387 g/mol. The van der Waals surface area contributed by atoms with E-state index in [1.54, 1.807) is 18.2 Å². The Labute approximate surface area is 150 Å². The molecule has 0 saturated heterocycles. The van der Waals surface area contributed by atoms with Crippen molar-refractivity contribution >= 4 is 17.7 Å². The van der Waals surface area contributed by atoms with Crippen LogP contribution in [0.4, 0.5) is 28.0 Å². The minimum absolute atomic E-state index is 0.139. The lowest BCUT2D eigenvalue weighted by Gasteiger charge is -2.19. The van der Waals surface area contributed by atoms with Crippen LogP contribution in [0.1, 0.15) is 17.3 Å². The Morgan fingerprint density at radius 2 is 1.78 bits per heavy atom. The van der Waals surface area contributed by atoms with Gasteiger partial charge in [0.2, 0.25) is 0 Å². The van der Waals surface area contributed by atoms with Crippen molar-refractivity contribution in [2.45, 2.75) is 19.2 Å². The molecule has 0 bridgehead atoms. The van der Waals surface area contributed by atoms with Crippen molar-refractivity contribution in [2.24, 2.45) is 0 Å². The van der Waals surface area contributed by atoms with Crippen LogP contribution in [-0.2, 0) is 0 Å². The summed E-state index contributed by atoms with van der Waals surface area (Å²) in [5, 5.41) is 11.0. The zero-order valence-corrected chi connectivity index (χ0v) is 13.7. The molecule has 0 aromatic heterocycles. The first-order chi connectivity index (χ1) is 12.6. The number of para-hydroxylation sites is 1. The number of alkyl halides is 3. The van der Waals surface area contributed by atoms with Gasteiger partial charge in [-0.15, -0.1) is 0 Å². The predicted octanol–water partition coefficient (Wildman–Crippen LogP) is 4.46. The van der Waals surface area contributed by atoms with Crippen LogP contribution in [0.15, 0.2) is 42.5 Å². The average molecular weight is 387 g/mol. The lowest BCUT2D eigenvalue weighted by atomic mass is 10.1. The van der Waals surface area contributed by atoms with Gasteiger partial charge in [0.15, 0.2) is 6.10 Å². The first-order valence-electron chi connectivity index (χ1n) is 7.42. The topological polar surface area (TPSA) is 84.9 Å². The number of carbonyl (C=O) groups is 2. The number of nitrogens with one attached hydrogen (secondary N) is 1. The maximum atomic E-state index is 14.0. The zero-order valence-electron chi connectivity index (χ0n) is 13.7. The highest BCUT2D eigenvalue weighted by molar-refractivity contribution is 5.93. The lowest BCUT2D eigenvalue weighted by molar-refractivity contribution is -0.189. The summed E-state index contributed by atoms with van der Waals surface area (Å²) in [5.74, 6) is -3.51. The third-order valence-electron chi connectivity index (χ3n) is 3.25. The third-order valence-corrected chi connectivity index (χ3v) is 3.25. The van der Waals surface area contributed by atoms with Crippen molar-refractivity contribution in [1.29, 1.82) is 0 Å². The van der Waals surface area contributed by atoms with Crippen molar-refractivity contribution in [3.8, 4) is 11.5 Å². The summed E-state index contributed by atoms with van der Waals surface area (Å²) in [7, 11) is 0. The Morgan fingerprint density at radius 1 is 1.15 bits per heavy atom. The van der Waals surface area contributed by atoms with E-state index in [0.29, 0.717) is 19.1 Å². The van der Waals surface area contributed by atoms with Gasteiger partial charge in [-0.2, -0.15) is 13.2 Å². The van der Waals surface area contributed by atoms with Gasteiger partial charge in [0.25, 0.3) is 0 Å². The fraction of sp³-hybridized carbons (Fsp3) is 0.176. The molecule has 1 atom stereocenters. The van der Waals surface area contributed by atoms with Crippen LogP contribution in [0.5, 0.6) is 11.5 Å². The summed E-state index contributed by atoms with van der Waals surface area (Å²) in [6.07, 6.45) is -8.26. The average Bonchev–Trinajstić information content (AvgIpc) is 2.57. The number of hydrogen-bond acceptors (Lipinski definition) is 4. The number of anilines is 1. The number of amides is 1. The van der Waals surface area contributed by atoms with Gasteiger partial charge in [-0.25, -0.2) is 14.0 Å². The molecule has 0 radical (unpaired) electrons. The molecule has 2 rings (SSSR count). The molecule has 0 fully saturated rings. The largest absolute Gasteiger partial charge is 0.480 e. The van der Waals surface area contributed by atoms with E-state index >= 15 is 0 Å². The van der Waals surface area contributed by atoms with E-state index < -0.39 is 47.2 Å². The van der Waals surface area contributed by atoms with Gasteiger partial charge in [0.05, 0.1) is 5.69 Å². The van der Waals surface area contributed by atoms with Crippen molar-refractivity contribution in [3.05, 3.63) is 53.8 Å². The number of hydrogen-bond donors (Lipinski definition) is 2. The van der Waals surface area contributed by atoms with Crippen molar-refractivity contribution in [2.75, 3.05) is 5.32 Å². The van der Waals surface area contributed by atoms with Crippen LogP contribution in [0.2, 0.25) is 0 Å². The second-order valence-corrected chi connectivity index (χ2v) is 5.26. The molecule has 144 valence electrons. The molecule has 2 aromatic rings. The molecule has 1 unspecified atom stereocenters. The molecule has 0 aliphatic heterocycles. The quantitative estimate of drug-likeness (QED) is 0.740. The molecule has 0 saturated carbocycles. The minimum atomic E-state index is -4.77. The molecule has 0 spiro atoms. The predicted molar refractivity (Wildman–Crippen MR) is 85.6 cm³/mol. The van der Waals surface area contributed by atoms with E-state index in [0.717, 1.165) is 0 Å². The highest BCUT2D eigenvalue weighted by Crippen LogP contribution is 2.31. The number of carboxylic acids is 1. The Kier molecular flexibility index (Phi) is 5.88. The number of carboxylic acid groups (broad SMARTS) is 1. The van der Waals surface area contributed by atoms with Crippen LogP contribution >= 0.6 is 0 Å². The third kappa shape index (κ3) is 5.33. The van der Waals surface area contributed by atoms with Gasteiger partial charge in [-0.05, 0) is 25.1 Å². The maximum Gasteiger partial charge on any atom is 0.425 e. The highest BCUT2D eigenvalue weighted by atomic mass is 19.4. The summed E-state index contributed by atoms with van der Waals surface area (Å²) in [6, 6.07) is 8.81. The number of benzene rings is 2. The number of rotatable bonds is 5. The number of ether oxygens (including phenoxy) is 2. The van der Waals surface area contributed by atoms with Crippen molar-refractivity contribution in [1.82, 2.24) is 0 Å². The Bertz CT molecular complexity index is 839. The first-order valence-corrected chi connectivity index (χ1v) is 7.42. The van der Waals surface area contributed by atoms with E-state index in [2.05, 4.69) is 4.74 Å². The van der Waals surface area contributed by atoms with E-state index in [-0.39, 0.29) is 5.75 Å². The molecule has 10 heteroatoms. The van der Waals surface area contributed by atoms with Crippen LogP contribution in [0.3, 0.4) is 0 Å². The zero-order chi connectivity index (χ0) is 20.2. The van der Waals surface area contributed by atoms with Gasteiger partial charge in [0, 0.05) is 6.07 Å². The maximum absolute atomic E-state index is 14.0. The van der Waals surface area contributed by atoms with E-state index in [1.165, 1.54) is 12.1 Å². The smallest absolute Gasteiger partial charge is 0.425 e. The van der Waals surface area contributed by atoms with Gasteiger partial charge in [-0.1, -0.05) is 18.2 Å². The Morgan fingerprint density at radius 3 is 2.33 bits per heavy atom. The van der Waals surface area contributed by atoms with E-state index in [4.69, 9.17) is 9.84 Å². The summed E-state index contributed by atoms with van der Waals surface area (Å²) in [5.41, 5.74) is -1.43. The number of halogens is 4. The summed E-state index contributed by atoms with van der Waals surface area (Å²) < 4.78 is 61.5. The molecule has 2 N–H and O–H groups in total. The number of aromatic carboxylic acids is 1. The van der Waals surface area contributed by atoms with Gasteiger partial charge in [-0.3, -0.25) is 5.32 Å². The van der Waals surface area contributed by atoms with Crippen LogP contribution < -0.4 is 14.8 Å². The van der Waals surface area contributed by atoms with Crippen molar-refractivity contribution < 1.29 is 41.7 Å². The molecule has 0 aliphatic carbocycles. The van der Waals surface area contributed by atoms with Gasteiger partial charge >= 0.3 is 18.2 Å². The standard InChI is InChI=1S/C17H13F4NO5/c1-9(17(19,20)21)26-14-8-13(12(18)7-11(14)15(23)24)22-16(25)27-10-5-3-2-4-6-10/h2-9H,1H3,(H,22,25)(H,23,24). The lowest BCUT2D eigenvalue weighted by Crippen LogP contribution is -2.31. The number of carbonyl (C=O) groups excluding carboxylic acids is 1. The Hall–Kier alpha value is -3.30. The SMILES string of the molecule is CC(Oc1cc(NC(=O)Oc2ccccc2)c(F)cc1C(=O)O)C(F)(F)F. The van der Waals surface area contributed by atoms with Crippen molar-refractivity contribution in [3.63, 3.8) is 0 Å². The van der Waals surface area contributed by atoms with Gasteiger partial charge < -0.3 is 14.6 Å². The molecular weight excluding hydrogens is 374 g/mol. The van der Waals surface area contributed by atoms with Crippen LogP contribution in [0, 0.1) is 5.82 Å².